The Morgan fingerprint density at radius 3 is 2.48 bits per heavy atom. The third-order valence-corrected chi connectivity index (χ3v) is 4.62. The lowest BCUT2D eigenvalue weighted by atomic mass is 10.0. The molecule has 164 valence electrons. The first-order valence-corrected chi connectivity index (χ1v) is 9.83. The van der Waals surface area contributed by atoms with Crippen molar-refractivity contribution in [2.45, 2.75) is 19.9 Å². The van der Waals surface area contributed by atoms with Crippen LogP contribution >= 0.6 is 11.6 Å². The van der Waals surface area contributed by atoms with Gasteiger partial charge in [0.05, 0.1) is 11.1 Å². The van der Waals surface area contributed by atoms with Crippen LogP contribution in [-0.4, -0.2) is 43.1 Å². The molecule has 0 aromatic heterocycles. The number of hydrogen-bond acceptors (Lipinski definition) is 6. The topological polar surface area (TPSA) is 117 Å². The Kier molecular flexibility index (Phi) is 8.09. The highest BCUT2D eigenvalue weighted by atomic mass is 35.5. The maximum atomic E-state index is 12.5. The molecule has 2 rings (SSSR count). The van der Waals surface area contributed by atoms with E-state index in [4.69, 9.17) is 11.6 Å². The molecule has 0 spiro atoms. The van der Waals surface area contributed by atoms with Gasteiger partial charge in [-0.1, -0.05) is 37.6 Å². The summed E-state index contributed by atoms with van der Waals surface area (Å²) in [4.78, 5) is 37.4. The number of halogens is 1. The first-order valence-electron chi connectivity index (χ1n) is 9.45. The average Bonchev–Trinajstić information content (AvgIpc) is 2.71. The number of hydrazone groups is 1. The molecular formula is C21H24ClN5O4. The Balaban J connectivity index is 2.09. The summed E-state index contributed by atoms with van der Waals surface area (Å²) < 4.78 is 0. The zero-order valence-electron chi connectivity index (χ0n) is 17.6. The summed E-state index contributed by atoms with van der Waals surface area (Å²) in [5.41, 5.74) is 3.54. The second-order valence-corrected chi connectivity index (χ2v) is 7.78. The van der Waals surface area contributed by atoms with Crippen LogP contribution in [0.25, 0.3) is 0 Å². The number of nitro groups is 1. The standard InChI is InChI=1S/C21H24ClN5O4/c1-13(2)19(24-20(28)15-6-5-7-16(22)11-15)21(29)25-23-12-14-8-9-17(26(3)4)18(10-14)27(30)31/h5-13,19H,1-4H3,(H,24,28)(H,25,29)/b23-12-. The van der Waals surface area contributed by atoms with Crippen molar-refractivity contribution in [1.29, 1.82) is 0 Å². The number of benzene rings is 2. The number of carbonyl (C=O) groups is 2. The van der Waals surface area contributed by atoms with Gasteiger partial charge < -0.3 is 10.2 Å². The van der Waals surface area contributed by atoms with Gasteiger partial charge in [0.2, 0.25) is 0 Å². The van der Waals surface area contributed by atoms with E-state index in [1.54, 1.807) is 63.2 Å². The van der Waals surface area contributed by atoms with E-state index in [0.717, 1.165) is 0 Å². The first-order chi connectivity index (χ1) is 14.6. The third kappa shape index (κ3) is 6.51. The van der Waals surface area contributed by atoms with Gasteiger partial charge in [0.15, 0.2) is 0 Å². The number of carbonyl (C=O) groups excluding carboxylic acids is 2. The van der Waals surface area contributed by atoms with Crippen molar-refractivity contribution in [2.24, 2.45) is 11.0 Å². The predicted molar refractivity (Wildman–Crippen MR) is 121 cm³/mol. The molecule has 2 N–H and O–H groups in total. The van der Waals surface area contributed by atoms with Crippen LogP contribution in [0.5, 0.6) is 0 Å². The lowest BCUT2D eigenvalue weighted by Gasteiger charge is -2.20. The maximum Gasteiger partial charge on any atom is 0.293 e. The minimum atomic E-state index is -0.839. The monoisotopic (exact) mass is 445 g/mol. The zero-order valence-corrected chi connectivity index (χ0v) is 18.4. The molecule has 0 fully saturated rings. The van der Waals surface area contributed by atoms with Gasteiger partial charge in [0.25, 0.3) is 17.5 Å². The summed E-state index contributed by atoms with van der Waals surface area (Å²) in [6, 6.07) is 10.2. The van der Waals surface area contributed by atoms with Gasteiger partial charge >= 0.3 is 0 Å². The number of hydrogen-bond donors (Lipinski definition) is 2. The minimum absolute atomic E-state index is 0.0749. The van der Waals surface area contributed by atoms with E-state index in [1.165, 1.54) is 18.3 Å². The number of amides is 2. The number of nitrogens with zero attached hydrogens (tertiary/aromatic N) is 3. The first kappa shape index (κ1) is 23.8. The molecule has 31 heavy (non-hydrogen) atoms. The molecule has 0 saturated heterocycles. The summed E-state index contributed by atoms with van der Waals surface area (Å²) >= 11 is 5.91. The molecule has 0 heterocycles. The molecule has 0 aliphatic heterocycles. The van der Waals surface area contributed by atoms with Crippen molar-refractivity contribution in [3.63, 3.8) is 0 Å². The van der Waals surface area contributed by atoms with Gasteiger partial charge in [-0.25, -0.2) is 5.43 Å². The van der Waals surface area contributed by atoms with E-state index in [-0.39, 0.29) is 11.6 Å². The quantitative estimate of drug-likeness (QED) is 0.367. The second kappa shape index (κ2) is 10.5. The largest absolute Gasteiger partial charge is 0.372 e. The predicted octanol–water partition coefficient (Wildman–Crippen LogP) is 3.22. The maximum absolute atomic E-state index is 12.5. The molecule has 0 aliphatic rings. The lowest BCUT2D eigenvalue weighted by Crippen LogP contribution is -2.48. The highest BCUT2D eigenvalue weighted by Gasteiger charge is 2.24. The fourth-order valence-corrected chi connectivity index (χ4v) is 2.96. The summed E-state index contributed by atoms with van der Waals surface area (Å²) in [5.74, 6) is -1.16. The smallest absolute Gasteiger partial charge is 0.293 e. The highest BCUT2D eigenvalue weighted by Crippen LogP contribution is 2.27. The second-order valence-electron chi connectivity index (χ2n) is 7.34. The van der Waals surface area contributed by atoms with Crippen LogP contribution in [0.15, 0.2) is 47.6 Å². The lowest BCUT2D eigenvalue weighted by molar-refractivity contribution is -0.384. The highest BCUT2D eigenvalue weighted by molar-refractivity contribution is 6.31. The molecule has 2 aromatic carbocycles. The number of nitrogens with one attached hydrogen (secondary N) is 2. The van der Waals surface area contributed by atoms with Crippen LogP contribution in [0.3, 0.4) is 0 Å². The Hall–Kier alpha value is -3.46. The van der Waals surface area contributed by atoms with Gasteiger partial charge in [0.1, 0.15) is 11.7 Å². The van der Waals surface area contributed by atoms with Crippen LogP contribution in [0.1, 0.15) is 29.8 Å². The Bertz CT molecular complexity index is 1010. The van der Waals surface area contributed by atoms with Crippen LogP contribution < -0.4 is 15.6 Å². The van der Waals surface area contributed by atoms with E-state index in [2.05, 4.69) is 15.8 Å². The van der Waals surface area contributed by atoms with Gasteiger partial charge in [-0.3, -0.25) is 19.7 Å². The molecule has 0 aliphatic carbocycles. The van der Waals surface area contributed by atoms with Crippen LogP contribution in [-0.2, 0) is 4.79 Å². The Morgan fingerprint density at radius 1 is 1.19 bits per heavy atom. The van der Waals surface area contributed by atoms with Crippen molar-refractivity contribution < 1.29 is 14.5 Å². The van der Waals surface area contributed by atoms with Crippen LogP contribution in [0, 0.1) is 16.0 Å². The van der Waals surface area contributed by atoms with Crippen LogP contribution in [0.2, 0.25) is 5.02 Å². The van der Waals surface area contributed by atoms with Gasteiger partial charge in [-0.2, -0.15) is 5.10 Å². The van der Waals surface area contributed by atoms with E-state index in [0.29, 0.717) is 21.8 Å². The fraction of sp³-hybridized carbons (Fsp3) is 0.286. The SMILES string of the molecule is CC(C)C(NC(=O)c1cccc(Cl)c1)C(=O)N/N=C\c1ccc(N(C)C)c([N+](=O)[O-])c1. The average molecular weight is 446 g/mol. The Labute approximate surface area is 185 Å². The zero-order chi connectivity index (χ0) is 23.1. The molecule has 2 amide bonds. The fourth-order valence-electron chi connectivity index (χ4n) is 2.77. The number of nitro benzene ring substituents is 1. The van der Waals surface area contributed by atoms with E-state index in [1.807, 2.05) is 0 Å². The molecule has 9 nitrogen and oxygen atoms in total. The van der Waals surface area contributed by atoms with Gasteiger partial charge in [-0.15, -0.1) is 0 Å². The van der Waals surface area contributed by atoms with Gasteiger partial charge in [-0.05, 0) is 30.2 Å². The molecule has 1 unspecified atom stereocenters. The third-order valence-electron chi connectivity index (χ3n) is 4.39. The normalized spacial score (nSPS) is 11.9. The van der Waals surface area contributed by atoms with Crippen molar-refractivity contribution in [3.8, 4) is 0 Å². The minimum Gasteiger partial charge on any atom is -0.372 e. The molecule has 0 saturated carbocycles. The summed E-state index contributed by atoms with van der Waals surface area (Å²) in [6.07, 6.45) is 1.31. The van der Waals surface area contributed by atoms with Gasteiger partial charge in [0, 0.05) is 36.3 Å². The van der Waals surface area contributed by atoms with Crippen molar-refractivity contribution >= 4 is 41.0 Å². The van der Waals surface area contributed by atoms with Crippen molar-refractivity contribution in [2.75, 3.05) is 19.0 Å². The van der Waals surface area contributed by atoms with Crippen LogP contribution in [0.4, 0.5) is 11.4 Å². The number of anilines is 1. The Morgan fingerprint density at radius 2 is 1.90 bits per heavy atom. The molecule has 1 atom stereocenters. The molecular weight excluding hydrogens is 422 g/mol. The van der Waals surface area contributed by atoms with Crippen molar-refractivity contribution in [1.82, 2.24) is 10.7 Å². The molecule has 0 bridgehead atoms. The molecule has 10 heteroatoms. The molecule has 0 radical (unpaired) electrons. The van der Waals surface area contributed by atoms with Crippen molar-refractivity contribution in [3.05, 3.63) is 68.7 Å². The van der Waals surface area contributed by atoms with E-state index >= 15 is 0 Å². The summed E-state index contributed by atoms with van der Waals surface area (Å²) in [6.45, 7) is 3.57. The van der Waals surface area contributed by atoms with E-state index in [9.17, 15) is 19.7 Å². The molecule has 2 aromatic rings. The summed E-state index contributed by atoms with van der Waals surface area (Å²) in [7, 11) is 3.42. The van der Waals surface area contributed by atoms with E-state index < -0.39 is 22.8 Å². The number of rotatable bonds is 8. The summed E-state index contributed by atoms with van der Waals surface area (Å²) in [5, 5.41) is 18.3.